The minimum absolute atomic E-state index is 0.000293. The zero-order chi connectivity index (χ0) is 33.5. The van der Waals surface area contributed by atoms with Crippen LogP contribution in [0.5, 0.6) is 0 Å². The van der Waals surface area contributed by atoms with Gasteiger partial charge >= 0.3 is 11.9 Å². The van der Waals surface area contributed by atoms with Crippen molar-refractivity contribution >= 4 is 11.9 Å². The van der Waals surface area contributed by atoms with E-state index in [1.54, 1.807) is 31.2 Å². The van der Waals surface area contributed by atoms with Gasteiger partial charge in [-0.3, -0.25) is 0 Å². The monoisotopic (exact) mass is 666 g/mol. The molecule has 3 spiro atoms. The molecule has 2 N–H and O–H groups in total. The number of aliphatic hydroxyl groups is 2. The molecule has 8 fully saturated rings. The smallest absolute Gasteiger partial charge is 0.344 e. The van der Waals surface area contributed by atoms with Gasteiger partial charge in [-0.25, -0.2) is 9.59 Å². The van der Waals surface area contributed by atoms with E-state index in [1.165, 1.54) is 0 Å². The highest BCUT2D eigenvalue weighted by Gasteiger charge is 2.94. The predicted molar refractivity (Wildman–Crippen MR) is 166 cm³/mol. The van der Waals surface area contributed by atoms with E-state index in [9.17, 15) is 19.8 Å². The van der Waals surface area contributed by atoms with Gasteiger partial charge in [0.1, 0.15) is 29.5 Å². The fourth-order valence-electron chi connectivity index (χ4n) is 11.5. The minimum Gasteiger partial charge on any atom is -0.462 e. The molecule has 8 aliphatic rings. The highest BCUT2D eigenvalue weighted by atomic mass is 16.9. The van der Waals surface area contributed by atoms with Crippen LogP contribution in [0.25, 0.3) is 0 Å². The van der Waals surface area contributed by atoms with Crippen molar-refractivity contribution in [2.75, 3.05) is 13.2 Å². The molecule has 11 heteroatoms. The second-order valence-corrected chi connectivity index (χ2v) is 16.0. The molecule has 0 aromatic heterocycles. The van der Waals surface area contributed by atoms with Crippen LogP contribution in [0.4, 0.5) is 0 Å². The van der Waals surface area contributed by atoms with Crippen LogP contribution in [0, 0.1) is 29.6 Å². The summed E-state index contributed by atoms with van der Waals surface area (Å²) in [6.07, 6.45) is 3.55. The first-order chi connectivity index (χ1) is 22.9. The number of epoxide rings is 1. The average molecular weight is 667 g/mol. The van der Waals surface area contributed by atoms with E-state index in [0.29, 0.717) is 18.4 Å². The third-order valence-corrected chi connectivity index (χ3v) is 13.5. The summed E-state index contributed by atoms with van der Waals surface area (Å²) < 4.78 is 47.0. The van der Waals surface area contributed by atoms with Gasteiger partial charge in [0.05, 0.1) is 24.4 Å². The Morgan fingerprint density at radius 3 is 2.52 bits per heavy atom. The molecule has 2 saturated carbocycles. The molecule has 0 amide bonds. The molecule has 9 rings (SSSR count). The van der Waals surface area contributed by atoms with E-state index in [4.69, 9.17) is 33.2 Å². The lowest BCUT2D eigenvalue weighted by Crippen LogP contribution is -2.75. The predicted octanol–water partition coefficient (Wildman–Crippen LogP) is 3.79. The van der Waals surface area contributed by atoms with Crippen molar-refractivity contribution in [1.82, 2.24) is 0 Å². The molecule has 2 aliphatic carbocycles. The zero-order valence-electron chi connectivity index (χ0n) is 27.9. The molecule has 11 nitrogen and oxygen atoms in total. The number of hydrogen-bond acceptors (Lipinski definition) is 11. The topological polar surface area (TPSA) is 143 Å². The number of benzene rings is 1. The molecule has 1 aromatic rings. The van der Waals surface area contributed by atoms with E-state index in [2.05, 4.69) is 13.5 Å². The fraction of sp³-hybridized carbons (Fsp3) is 0.730. The SMILES string of the molecule is C=C(C)[C@]12C[C@@H](COC(=O)c3ccccc3)[C@]34OC5(CCCCCCC[C@@H](C)[C@@H]6[C@@H]3[C@]3(O[C@]6(C)OC3=O)[C@H](O)[C@@]3(CO)O[C@H]3[C@H]4[C@H]1O5)O2. The maximum absolute atomic E-state index is 14.4. The average Bonchev–Trinajstić information content (AvgIpc) is 3.57. The molecule has 6 aliphatic heterocycles. The summed E-state index contributed by atoms with van der Waals surface area (Å²) in [7, 11) is 0. The van der Waals surface area contributed by atoms with Gasteiger partial charge in [-0.05, 0) is 43.4 Å². The molecular formula is C37H46O11. The summed E-state index contributed by atoms with van der Waals surface area (Å²) in [4.78, 5) is 27.9. The Kier molecular flexibility index (Phi) is 6.66. The number of rotatable bonds is 5. The van der Waals surface area contributed by atoms with Crippen molar-refractivity contribution in [2.45, 2.75) is 125 Å². The molecular weight excluding hydrogens is 620 g/mol. The third kappa shape index (κ3) is 3.69. The fourth-order valence-corrected chi connectivity index (χ4v) is 11.5. The quantitative estimate of drug-likeness (QED) is 0.269. The molecule has 14 atom stereocenters. The van der Waals surface area contributed by atoms with Gasteiger partial charge in [0.2, 0.25) is 11.4 Å². The maximum Gasteiger partial charge on any atom is 0.344 e. The van der Waals surface area contributed by atoms with Gasteiger partial charge in [0.15, 0.2) is 0 Å². The second kappa shape index (κ2) is 10.1. The van der Waals surface area contributed by atoms with E-state index >= 15 is 0 Å². The third-order valence-electron chi connectivity index (χ3n) is 13.5. The number of esters is 2. The van der Waals surface area contributed by atoms with Gasteiger partial charge < -0.3 is 43.4 Å². The molecule has 0 radical (unpaired) electrons. The van der Waals surface area contributed by atoms with E-state index in [-0.39, 0.29) is 12.5 Å². The number of aliphatic hydroxyl groups excluding tert-OH is 2. The van der Waals surface area contributed by atoms with Crippen LogP contribution in [0.3, 0.4) is 0 Å². The minimum atomic E-state index is -1.91. The number of hydrogen-bond donors (Lipinski definition) is 2. The summed E-state index contributed by atoms with van der Waals surface area (Å²) in [5.41, 5.74) is -4.63. The zero-order valence-corrected chi connectivity index (χ0v) is 27.9. The van der Waals surface area contributed by atoms with Crippen molar-refractivity contribution in [3.8, 4) is 0 Å². The first-order valence-electron chi connectivity index (χ1n) is 17.8. The van der Waals surface area contributed by atoms with Crippen LogP contribution < -0.4 is 0 Å². The van der Waals surface area contributed by atoms with Gasteiger partial charge in [-0.15, -0.1) is 0 Å². The Bertz CT molecular complexity index is 1550. The Morgan fingerprint density at radius 1 is 1.02 bits per heavy atom. The number of carbonyl (C=O) groups is 2. The highest BCUT2D eigenvalue weighted by molar-refractivity contribution is 5.89. The number of carbonyl (C=O) groups excluding carboxylic acids is 2. The van der Waals surface area contributed by atoms with Crippen molar-refractivity contribution in [2.24, 2.45) is 29.6 Å². The molecule has 5 bridgehead atoms. The summed E-state index contributed by atoms with van der Waals surface area (Å²) in [5, 5.41) is 23.5. The molecule has 6 heterocycles. The van der Waals surface area contributed by atoms with Gasteiger partial charge in [0, 0.05) is 37.0 Å². The van der Waals surface area contributed by atoms with Crippen molar-refractivity contribution in [3.63, 3.8) is 0 Å². The lowest BCUT2D eigenvalue weighted by molar-refractivity contribution is -0.436. The Balaban J connectivity index is 1.29. The van der Waals surface area contributed by atoms with Crippen LogP contribution >= 0.6 is 0 Å². The summed E-state index contributed by atoms with van der Waals surface area (Å²) >= 11 is 0. The number of ether oxygens (including phenoxy) is 7. The van der Waals surface area contributed by atoms with Gasteiger partial charge in [-0.2, -0.15) is 0 Å². The maximum atomic E-state index is 14.4. The standard InChI is InChI=1S/C37H46O11/c1-20(2)33-17-23(18-42-29(39)22-14-10-8-11-15-22)36-25-27(33)44-35(47-33,48-36)16-12-7-5-6-9-13-21(3)24-26(36)37(31(41)45-32(24,4)46-37)30(40)34(19-38)28(25)43-34/h8,10-11,14-15,21,23-28,30,38,40H,1,5-7,9,12-13,16-19H2,2-4H3/t21-,23+,24-,25-,26+,27-,28+,30-,32+,33-,34+,35?,36-,37+/m1/s1. The second-order valence-electron chi connectivity index (χ2n) is 16.0. The van der Waals surface area contributed by atoms with E-state index in [0.717, 1.165) is 44.1 Å². The largest absolute Gasteiger partial charge is 0.462 e. The molecule has 48 heavy (non-hydrogen) atoms. The van der Waals surface area contributed by atoms with Gasteiger partial charge in [-0.1, -0.05) is 63.8 Å². The molecule has 1 aromatic carbocycles. The molecule has 260 valence electrons. The highest BCUT2D eigenvalue weighted by Crippen LogP contribution is 2.77. The normalized spacial score (nSPS) is 52.6. The van der Waals surface area contributed by atoms with E-state index < -0.39 is 94.7 Å². The lowest BCUT2D eigenvalue weighted by atomic mass is 9.50. The van der Waals surface area contributed by atoms with Crippen LogP contribution in [-0.4, -0.2) is 87.8 Å². The van der Waals surface area contributed by atoms with Crippen molar-refractivity contribution in [1.29, 1.82) is 0 Å². The molecule has 6 saturated heterocycles. The van der Waals surface area contributed by atoms with Crippen LogP contribution in [0.1, 0.15) is 82.5 Å². The van der Waals surface area contributed by atoms with Crippen molar-refractivity contribution < 1.29 is 53.0 Å². The van der Waals surface area contributed by atoms with Crippen LogP contribution in [-0.2, 0) is 38.0 Å². The van der Waals surface area contributed by atoms with Gasteiger partial charge in [0.25, 0.3) is 5.97 Å². The first kappa shape index (κ1) is 31.6. The Morgan fingerprint density at radius 2 is 1.77 bits per heavy atom. The first-order valence-corrected chi connectivity index (χ1v) is 17.8. The van der Waals surface area contributed by atoms with Crippen LogP contribution in [0.2, 0.25) is 0 Å². The Hall–Kier alpha value is -2.38. The Labute approximate surface area is 280 Å². The van der Waals surface area contributed by atoms with Crippen molar-refractivity contribution in [3.05, 3.63) is 48.0 Å². The summed E-state index contributed by atoms with van der Waals surface area (Å²) in [5.74, 6) is -6.37. The lowest BCUT2D eigenvalue weighted by Gasteiger charge is -2.62. The number of fused-ring (bicyclic) bond motifs is 3. The summed E-state index contributed by atoms with van der Waals surface area (Å²) in [6.45, 7) is 9.66. The summed E-state index contributed by atoms with van der Waals surface area (Å²) in [6, 6.07) is 8.83. The molecule has 1 unspecified atom stereocenters. The van der Waals surface area contributed by atoms with Crippen LogP contribution in [0.15, 0.2) is 42.5 Å². The van der Waals surface area contributed by atoms with E-state index in [1.807, 2.05) is 13.0 Å².